The van der Waals surface area contributed by atoms with Gasteiger partial charge in [0.1, 0.15) is 0 Å². The summed E-state index contributed by atoms with van der Waals surface area (Å²) in [6.45, 7) is 5.10. The van der Waals surface area contributed by atoms with Crippen LogP contribution in [0.1, 0.15) is 36.9 Å². The van der Waals surface area contributed by atoms with E-state index < -0.39 is 11.2 Å². The largest absolute Gasteiger partial charge is 0.337 e. The monoisotopic (exact) mass is 353 g/mol. The minimum Gasteiger partial charge on any atom is -0.337 e. The standard InChI is InChI=1S/C20H23N3O3/c1-14-6-3-4-8-17(14)15(2)12-19(25)22-10-5-7-16(13-22)23-11-9-18(24)21-20(23)26/h3-4,6,8-9,11-12,16H,5,7,10,13H2,1-2H3,(H,21,24,26)/b15-12+. The summed E-state index contributed by atoms with van der Waals surface area (Å²) in [6, 6.07) is 9.19. The van der Waals surface area contributed by atoms with Gasteiger partial charge in [0.05, 0.1) is 6.04 Å². The maximum atomic E-state index is 12.7. The summed E-state index contributed by atoms with van der Waals surface area (Å²) in [6.07, 6.45) is 4.80. The Labute approximate surface area is 151 Å². The predicted octanol–water partition coefficient (Wildman–Crippen LogP) is 2.11. The van der Waals surface area contributed by atoms with Gasteiger partial charge in [0.15, 0.2) is 0 Å². The van der Waals surface area contributed by atoms with Crippen molar-refractivity contribution in [1.82, 2.24) is 14.5 Å². The van der Waals surface area contributed by atoms with Gasteiger partial charge in [-0.15, -0.1) is 0 Å². The van der Waals surface area contributed by atoms with E-state index in [9.17, 15) is 14.4 Å². The molecule has 1 N–H and O–H groups in total. The molecule has 0 bridgehead atoms. The number of H-pyrrole nitrogens is 1. The fourth-order valence-corrected chi connectivity index (χ4v) is 3.47. The van der Waals surface area contributed by atoms with Gasteiger partial charge in [-0.3, -0.25) is 19.1 Å². The van der Waals surface area contributed by atoms with E-state index in [1.807, 2.05) is 38.1 Å². The summed E-state index contributed by atoms with van der Waals surface area (Å²) < 4.78 is 1.51. The van der Waals surface area contributed by atoms with Crippen molar-refractivity contribution in [3.8, 4) is 0 Å². The third-order valence-electron chi connectivity index (χ3n) is 4.86. The van der Waals surface area contributed by atoms with Gasteiger partial charge in [-0.2, -0.15) is 0 Å². The maximum Gasteiger partial charge on any atom is 0.328 e. The molecule has 6 nitrogen and oxygen atoms in total. The smallest absolute Gasteiger partial charge is 0.328 e. The average molecular weight is 353 g/mol. The second-order valence-electron chi connectivity index (χ2n) is 6.74. The molecule has 26 heavy (non-hydrogen) atoms. The van der Waals surface area contributed by atoms with E-state index >= 15 is 0 Å². The number of aromatic nitrogens is 2. The van der Waals surface area contributed by atoms with Gasteiger partial charge in [0.25, 0.3) is 5.56 Å². The Balaban J connectivity index is 1.78. The number of nitrogens with zero attached hydrogens (tertiary/aromatic N) is 2. The highest BCUT2D eigenvalue weighted by molar-refractivity contribution is 5.95. The predicted molar refractivity (Wildman–Crippen MR) is 101 cm³/mol. The summed E-state index contributed by atoms with van der Waals surface area (Å²) in [4.78, 5) is 40.0. The zero-order chi connectivity index (χ0) is 18.7. The number of allylic oxidation sites excluding steroid dienone is 1. The molecule has 3 rings (SSSR count). The minimum atomic E-state index is -0.427. The SMILES string of the molecule is C/C(=C\C(=O)N1CCCC(n2ccc(=O)[nH]c2=O)C1)c1ccccc1C. The number of amides is 1. The highest BCUT2D eigenvalue weighted by Crippen LogP contribution is 2.22. The maximum absolute atomic E-state index is 12.7. The minimum absolute atomic E-state index is 0.0482. The summed E-state index contributed by atoms with van der Waals surface area (Å²) in [7, 11) is 0. The molecule has 1 aliphatic heterocycles. The topological polar surface area (TPSA) is 75.2 Å². The number of aryl methyl sites for hydroxylation is 1. The zero-order valence-electron chi connectivity index (χ0n) is 15.1. The van der Waals surface area contributed by atoms with Crippen LogP contribution in [0.2, 0.25) is 0 Å². The number of carbonyl (C=O) groups is 1. The first-order chi connectivity index (χ1) is 12.5. The lowest BCUT2D eigenvalue weighted by Crippen LogP contribution is -2.43. The van der Waals surface area contributed by atoms with Crippen LogP contribution in [0.5, 0.6) is 0 Å². The van der Waals surface area contributed by atoms with Crippen molar-refractivity contribution in [2.24, 2.45) is 0 Å². The molecule has 2 aromatic rings. The lowest BCUT2D eigenvalue weighted by molar-refractivity contribution is -0.127. The van der Waals surface area contributed by atoms with Crippen molar-refractivity contribution in [3.63, 3.8) is 0 Å². The summed E-state index contributed by atoms with van der Waals surface area (Å²) in [5, 5.41) is 0. The quantitative estimate of drug-likeness (QED) is 0.859. The first-order valence-corrected chi connectivity index (χ1v) is 8.80. The Morgan fingerprint density at radius 2 is 2.00 bits per heavy atom. The molecule has 1 amide bonds. The number of nitrogens with one attached hydrogen (secondary N) is 1. The van der Waals surface area contributed by atoms with E-state index in [2.05, 4.69) is 4.98 Å². The molecule has 6 heteroatoms. The van der Waals surface area contributed by atoms with Gasteiger partial charge in [0.2, 0.25) is 5.91 Å². The second kappa shape index (κ2) is 7.56. The number of benzene rings is 1. The molecule has 0 radical (unpaired) electrons. The summed E-state index contributed by atoms with van der Waals surface area (Å²) in [5.74, 6) is -0.0482. The fraction of sp³-hybridized carbons (Fsp3) is 0.350. The van der Waals surface area contributed by atoms with Gasteiger partial charge in [0, 0.05) is 31.4 Å². The molecule has 1 fully saturated rings. The van der Waals surface area contributed by atoms with Crippen LogP contribution >= 0.6 is 0 Å². The number of carbonyl (C=O) groups excluding carboxylic acids is 1. The Kier molecular flexibility index (Phi) is 5.21. The summed E-state index contributed by atoms with van der Waals surface area (Å²) >= 11 is 0. The van der Waals surface area contributed by atoms with E-state index in [1.165, 1.54) is 16.8 Å². The van der Waals surface area contributed by atoms with Crippen molar-refractivity contribution >= 4 is 11.5 Å². The highest BCUT2D eigenvalue weighted by atomic mass is 16.2. The molecule has 2 heterocycles. The Bertz CT molecular complexity index is 955. The number of likely N-dealkylation sites (tertiary alicyclic amines) is 1. The molecule has 0 saturated carbocycles. The Hall–Kier alpha value is -2.89. The van der Waals surface area contributed by atoms with Crippen molar-refractivity contribution in [2.75, 3.05) is 13.1 Å². The molecule has 1 aromatic heterocycles. The van der Waals surface area contributed by atoms with Gasteiger partial charge in [-0.25, -0.2) is 4.79 Å². The van der Waals surface area contributed by atoms with Crippen LogP contribution < -0.4 is 11.2 Å². The molecule has 1 aliphatic rings. The van der Waals surface area contributed by atoms with Crippen LogP contribution in [0.25, 0.3) is 5.57 Å². The zero-order valence-corrected chi connectivity index (χ0v) is 15.1. The van der Waals surface area contributed by atoms with Gasteiger partial charge < -0.3 is 4.90 Å². The van der Waals surface area contributed by atoms with E-state index in [0.29, 0.717) is 13.1 Å². The Morgan fingerprint density at radius 3 is 2.73 bits per heavy atom. The molecule has 0 aliphatic carbocycles. The van der Waals surface area contributed by atoms with Crippen molar-refractivity contribution in [1.29, 1.82) is 0 Å². The van der Waals surface area contributed by atoms with Crippen LogP contribution in [-0.4, -0.2) is 33.4 Å². The number of piperidine rings is 1. The number of aromatic amines is 1. The van der Waals surface area contributed by atoms with Crippen molar-refractivity contribution < 1.29 is 4.79 Å². The van der Waals surface area contributed by atoms with Crippen LogP contribution in [0.15, 0.2) is 52.2 Å². The van der Waals surface area contributed by atoms with Crippen LogP contribution in [0.3, 0.4) is 0 Å². The average Bonchev–Trinajstić information content (AvgIpc) is 2.62. The highest BCUT2D eigenvalue weighted by Gasteiger charge is 2.24. The van der Waals surface area contributed by atoms with Gasteiger partial charge >= 0.3 is 5.69 Å². The van der Waals surface area contributed by atoms with E-state index in [-0.39, 0.29) is 11.9 Å². The van der Waals surface area contributed by atoms with E-state index in [1.54, 1.807) is 11.0 Å². The first kappa shape index (κ1) is 17.9. The van der Waals surface area contributed by atoms with Gasteiger partial charge in [-0.05, 0) is 43.4 Å². The molecular formula is C20H23N3O3. The summed E-state index contributed by atoms with van der Waals surface area (Å²) in [5.41, 5.74) is 2.28. The number of rotatable bonds is 3. The third-order valence-corrected chi connectivity index (χ3v) is 4.86. The van der Waals surface area contributed by atoms with Crippen molar-refractivity contribution in [2.45, 2.75) is 32.7 Å². The Morgan fingerprint density at radius 1 is 1.23 bits per heavy atom. The third kappa shape index (κ3) is 3.85. The van der Waals surface area contributed by atoms with Crippen LogP contribution in [-0.2, 0) is 4.79 Å². The second-order valence-corrected chi connectivity index (χ2v) is 6.74. The molecule has 136 valence electrons. The lowest BCUT2D eigenvalue weighted by atomic mass is 10.0. The normalized spacial score (nSPS) is 18.0. The fourth-order valence-electron chi connectivity index (χ4n) is 3.47. The molecule has 1 saturated heterocycles. The molecule has 1 aromatic carbocycles. The number of hydrogen-bond acceptors (Lipinski definition) is 3. The molecular weight excluding hydrogens is 330 g/mol. The molecule has 1 unspecified atom stereocenters. The molecule has 0 spiro atoms. The first-order valence-electron chi connectivity index (χ1n) is 8.80. The molecule has 1 atom stereocenters. The lowest BCUT2D eigenvalue weighted by Gasteiger charge is -2.33. The van der Waals surface area contributed by atoms with E-state index in [0.717, 1.165) is 29.5 Å². The van der Waals surface area contributed by atoms with Gasteiger partial charge in [-0.1, -0.05) is 24.3 Å². The van der Waals surface area contributed by atoms with Crippen LogP contribution in [0.4, 0.5) is 0 Å². The number of hydrogen-bond donors (Lipinski definition) is 1. The van der Waals surface area contributed by atoms with Crippen LogP contribution in [0, 0.1) is 6.92 Å². The van der Waals surface area contributed by atoms with Crippen molar-refractivity contribution in [3.05, 3.63) is 74.6 Å². The van der Waals surface area contributed by atoms with E-state index in [4.69, 9.17) is 0 Å².